The molecule has 0 unspecified atom stereocenters. The number of imidazole rings is 1. The largest absolute Gasteiger partial charge is 0.318 e. The molecule has 5 heteroatoms. The van der Waals surface area contributed by atoms with E-state index in [0.717, 1.165) is 22.0 Å². The van der Waals surface area contributed by atoms with E-state index in [0.29, 0.717) is 0 Å². The van der Waals surface area contributed by atoms with Crippen molar-refractivity contribution < 1.29 is 0 Å². The maximum atomic E-state index is 4.32. The van der Waals surface area contributed by atoms with E-state index in [-0.39, 0.29) is 0 Å². The molecule has 0 spiro atoms. The third-order valence-electron chi connectivity index (χ3n) is 1.83. The molecule has 0 radical (unpaired) electrons. The van der Waals surface area contributed by atoms with Crippen LogP contribution in [0.15, 0.2) is 11.4 Å². The van der Waals surface area contributed by atoms with Gasteiger partial charge in [0.05, 0.1) is 6.33 Å². The standard InChI is InChI=1S/C8H10N4S/c1-5-10-7-6(8(11-5)13-3)9-4-12(7)2/h4H,1-3H3. The smallest absolute Gasteiger partial charge is 0.164 e. The van der Waals surface area contributed by atoms with Crippen LogP contribution in [0.1, 0.15) is 5.82 Å². The first-order chi connectivity index (χ1) is 6.22. The van der Waals surface area contributed by atoms with Gasteiger partial charge in [-0.25, -0.2) is 15.0 Å². The molecule has 0 saturated heterocycles. The van der Waals surface area contributed by atoms with Gasteiger partial charge in [0, 0.05) is 7.05 Å². The summed E-state index contributed by atoms with van der Waals surface area (Å²) in [6.07, 6.45) is 3.76. The van der Waals surface area contributed by atoms with Crippen LogP contribution >= 0.6 is 11.8 Å². The third kappa shape index (κ3) is 1.29. The fourth-order valence-electron chi connectivity index (χ4n) is 1.23. The zero-order valence-corrected chi connectivity index (χ0v) is 8.59. The van der Waals surface area contributed by atoms with Crippen molar-refractivity contribution in [3.05, 3.63) is 12.2 Å². The minimum atomic E-state index is 0.792. The highest BCUT2D eigenvalue weighted by atomic mass is 32.2. The van der Waals surface area contributed by atoms with Crippen LogP contribution in [0.3, 0.4) is 0 Å². The summed E-state index contributed by atoms with van der Waals surface area (Å²) in [6.45, 7) is 1.90. The molecular formula is C8H10N4S. The van der Waals surface area contributed by atoms with E-state index in [1.165, 1.54) is 0 Å². The summed E-state index contributed by atoms with van der Waals surface area (Å²) >= 11 is 1.60. The minimum Gasteiger partial charge on any atom is -0.318 e. The Morgan fingerprint density at radius 3 is 2.85 bits per heavy atom. The second-order valence-corrected chi connectivity index (χ2v) is 3.60. The number of hydrogen-bond acceptors (Lipinski definition) is 4. The summed E-state index contributed by atoms with van der Waals surface area (Å²) in [6, 6.07) is 0. The molecule has 4 nitrogen and oxygen atoms in total. The molecular weight excluding hydrogens is 184 g/mol. The van der Waals surface area contributed by atoms with E-state index < -0.39 is 0 Å². The Morgan fingerprint density at radius 1 is 1.38 bits per heavy atom. The predicted molar refractivity (Wildman–Crippen MR) is 52.8 cm³/mol. The maximum Gasteiger partial charge on any atom is 0.164 e. The van der Waals surface area contributed by atoms with E-state index >= 15 is 0 Å². The Kier molecular flexibility index (Phi) is 1.95. The monoisotopic (exact) mass is 194 g/mol. The van der Waals surface area contributed by atoms with Crippen LogP contribution in [0.5, 0.6) is 0 Å². The summed E-state index contributed by atoms with van der Waals surface area (Å²) in [5.41, 5.74) is 1.79. The molecule has 68 valence electrons. The van der Waals surface area contributed by atoms with Crippen LogP contribution in [-0.4, -0.2) is 25.8 Å². The van der Waals surface area contributed by atoms with E-state index in [9.17, 15) is 0 Å². The highest BCUT2D eigenvalue weighted by molar-refractivity contribution is 7.98. The van der Waals surface area contributed by atoms with Gasteiger partial charge in [0.25, 0.3) is 0 Å². The summed E-state index contributed by atoms with van der Waals surface area (Å²) < 4.78 is 1.91. The molecule has 0 aromatic carbocycles. The van der Waals surface area contributed by atoms with Crippen molar-refractivity contribution in [3.63, 3.8) is 0 Å². The molecule has 0 aliphatic carbocycles. The van der Waals surface area contributed by atoms with Crippen molar-refractivity contribution in [2.45, 2.75) is 11.9 Å². The minimum absolute atomic E-state index is 0.792. The van der Waals surface area contributed by atoms with Gasteiger partial charge in [0.15, 0.2) is 5.65 Å². The molecule has 0 atom stereocenters. The molecule has 0 amide bonds. The van der Waals surface area contributed by atoms with Gasteiger partial charge in [0.1, 0.15) is 16.4 Å². The van der Waals surface area contributed by atoms with Crippen LogP contribution in [0.25, 0.3) is 11.2 Å². The zero-order chi connectivity index (χ0) is 9.42. The van der Waals surface area contributed by atoms with Crippen molar-refractivity contribution in [2.75, 3.05) is 6.26 Å². The van der Waals surface area contributed by atoms with Crippen molar-refractivity contribution in [3.8, 4) is 0 Å². The Labute approximate surface area is 80.4 Å². The number of nitrogens with zero attached hydrogens (tertiary/aromatic N) is 4. The quantitative estimate of drug-likeness (QED) is 0.508. The topological polar surface area (TPSA) is 43.6 Å². The van der Waals surface area contributed by atoms with Crippen LogP contribution in [0.4, 0.5) is 0 Å². The first-order valence-corrected chi connectivity index (χ1v) is 5.14. The lowest BCUT2D eigenvalue weighted by molar-refractivity contribution is 0.912. The molecule has 2 aromatic rings. The van der Waals surface area contributed by atoms with Crippen molar-refractivity contribution in [1.82, 2.24) is 19.5 Å². The normalized spacial score (nSPS) is 11.0. The summed E-state index contributed by atoms with van der Waals surface area (Å²) in [7, 11) is 1.94. The summed E-state index contributed by atoms with van der Waals surface area (Å²) in [4.78, 5) is 12.9. The van der Waals surface area contributed by atoms with E-state index in [4.69, 9.17) is 0 Å². The molecule has 2 rings (SSSR count). The predicted octanol–water partition coefficient (Wildman–Crippen LogP) is 1.39. The van der Waals surface area contributed by atoms with Crippen molar-refractivity contribution >= 4 is 22.9 Å². The molecule has 0 aliphatic heterocycles. The second kappa shape index (κ2) is 2.99. The SMILES string of the molecule is CSc1nc(C)nc2c1ncn2C. The zero-order valence-electron chi connectivity index (χ0n) is 7.77. The van der Waals surface area contributed by atoms with Gasteiger partial charge < -0.3 is 4.57 Å². The van der Waals surface area contributed by atoms with Gasteiger partial charge in [-0.1, -0.05) is 0 Å². The Morgan fingerprint density at radius 2 is 2.15 bits per heavy atom. The highest BCUT2D eigenvalue weighted by Crippen LogP contribution is 2.20. The van der Waals surface area contributed by atoms with Gasteiger partial charge in [0.2, 0.25) is 0 Å². The number of aromatic nitrogens is 4. The number of rotatable bonds is 1. The average Bonchev–Trinajstić information content (AvgIpc) is 2.47. The molecule has 2 heterocycles. The summed E-state index contributed by atoms with van der Waals surface area (Å²) in [5, 5.41) is 0.947. The Bertz CT molecular complexity index is 449. The number of fused-ring (bicyclic) bond motifs is 1. The fourth-order valence-corrected chi connectivity index (χ4v) is 1.79. The average molecular weight is 194 g/mol. The highest BCUT2D eigenvalue weighted by Gasteiger charge is 2.08. The van der Waals surface area contributed by atoms with Crippen LogP contribution in [0.2, 0.25) is 0 Å². The van der Waals surface area contributed by atoms with E-state index in [1.807, 2.05) is 24.8 Å². The molecule has 2 aromatic heterocycles. The van der Waals surface area contributed by atoms with Gasteiger partial charge >= 0.3 is 0 Å². The lowest BCUT2D eigenvalue weighted by Crippen LogP contribution is -1.94. The Balaban J connectivity index is 2.84. The van der Waals surface area contributed by atoms with E-state index in [2.05, 4.69) is 15.0 Å². The lowest BCUT2D eigenvalue weighted by Gasteiger charge is -1.99. The summed E-state index contributed by atoms with van der Waals surface area (Å²) in [5.74, 6) is 0.792. The Hall–Kier alpha value is -1.10. The number of aryl methyl sites for hydroxylation is 2. The van der Waals surface area contributed by atoms with E-state index in [1.54, 1.807) is 18.1 Å². The first kappa shape index (κ1) is 8.50. The molecule has 0 aliphatic rings. The van der Waals surface area contributed by atoms with Gasteiger partial charge in [-0.15, -0.1) is 11.8 Å². The first-order valence-electron chi connectivity index (χ1n) is 3.92. The second-order valence-electron chi connectivity index (χ2n) is 2.81. The van der Waals surface area contributed by atoms with Gasteiger partial charge in [-0.05, 0) is 13.2 Å². The number of hydrogen-bond donors (Lipinski definition) is 0. The van der Waals surface area contributed by atoms with Crippen LogP contribution < -0.4 is 0 Å². The van der Waals surface area contributed by atoms with Crippen LogP contribution in [-0.2, 0) is 7.05 Å². The molecule has 13 heavy (non-hydrogen) atoms. The van der Waals surface area contributed by atoms with Gasteiger partial charge in [-0.2, -0.15) is 0 Å². The molecule has 0 N–H and O–H groups in total. The third-order valence-corrected chi connectivity index (χ3v) is 2.50. The van der Waals surface area contributed by atoms with Crippen LogP contribution in [0, 0.1) is 6.92 Å². The van der Waals surface area contributed by atoms with Crippen molar-refractivity contribution in [2.24, 2.45) is 7.05 Å². The lowest BCUT2D eigenvalue weighted by atomic mass is 10.5. The molecule has 0 bridgehead atoms. The fraction of sp³-hybridized carbons (Fsp3) is 0.375. The van der Waals surface area contributed by atoms with Gasteiger partial charge in [-0.3, -0.25) is 0 Å². The van der Waals surface area contributed by atoms with Crippen molar-refractivity contribution in [1.29, 1.82) is 0 Å². The molecule has 0 fully saturated rings. The maximum absolute atomic E-state index is 4.32. The molecule has 0 saturated carbocycles. The number of thioether (sulfide) groups is 1.